The highest BCUT2D eigenvalue weighted by Crippen LogP contribution is 2.20. The molecule has 0 atom stereocenters. The molecular weight excluding hydrogens is 270 g/mol. The number of anilines is 2. The summed E-state index contributed by atoms with van der Waals surface area (Å²) < 4.78 is 28.2. The quantitative estimate of drug-likeness (QED) is 0.880. The van der Waals surface area contributed by atoms with Crippen molar-refractivity contribution in [2.75, 3.05) is 5.32 Å². The minimum atomic E-state index is -2.86. The summed E-state index contributed by atoms with van der Waals surface area (Å²) in [5.74, 6) is -0.560. The minimum absolute atomic E-state index is 0.0553. The molecule has 0 amide bonds. The lowest BCUT2D eigenvalue weighted by Gasteiger charge is -2.07. The summed E-state index contributed by atoms with van der Waals surface area (Å²) in [6.07, 6.45) is 1.22. The molecule has 2 rings (SSSR count). The van der Waals surface area contributed by atoms with E-state index < -0.39 is 12.6 Å². The van der Waals surface area contributed by atoms with Gasteiger partial charge in [0.2, 0.25) is 0 Å². The number of alkyl halides is 2. The van der Waals surface area contributed by atoms with E-state index in [-0.39, 0.29) is 11.3 Å². The summed E-state index contributed by atoms with van der Waals surface area (Å²) in [4.78, 5) is 14.6. The average Bonchev–Trinajstić information content (AvgIpc) is 2.41. The normalized spacial score (nSPS) is 10.3. The molecule has 2 N–H and O–H groups in total. The zero-order chi connectivity index (χ0) is 14.5. The van der Waals surface area contributed by atoms with E-state index >= 15 is 0 Å². The van der Waals surface area contributed by atoms with Crippen LogP contribution in [0.25, 0.3) is 0 Å². The van der Waals surface area contributed by atoms with Gasteiger partial charge in [0, 0.05) is 11.9 Å². The number of rotatable bonds is 5. The second kappa shape index (κ2) is 5.96. The van der Waals surface area contributed by atoms with Crippen molar-refractivity contribution in [3.8, 4) is 5.75 Å². The molecule has 0 bridgehead atoms. The Balaban J connectivity index is 2.04. The van der Waals surface area contributed by atoms with E-state index in [1.807, 2.05) is 0 Å². The largest absolute Gasteiger partial charge is 0.478 e. The Bertz CT molecular complexity index is 586. The lowest BCUT2D eigenvalue weighted by atomic mass is 10.2. The van der Waals surface area contributed by atoms with Crippen LogP contribution in [0.15, 0.2) is 42.6 Å². The zero-order valence-corrected chi connectivity index (χ0v) is 10.1. The van der Waals surface area contributed by atoms with E-state index in [4.69, 9.17) is 5.11 Å². The van der Waals surface area contributed by atoms with Gasteiger partial charge in [-0.1, -0.05) is 0 Å². The third-order valence-corrected chi connectivity index (χ3v) is 2.36. The molecule has 0 unspecified atom stereocenters. The van der Waals surface area contributed by atoms with Gasteiger partial charge in [-0.05, 0) is 36.4 Å². The van der Waals surface area contributed by atoms with Crippen LogP contribution in [-0.2, 0) is 0 Å². The van der Waals surface area contributed by atoms with Crippen molar-refractivity contribution in [2.45, 2.75) is 6.61 Å². The Labute approximate surface area is 112 Å². The standard InChI is InChI=1S/C13H10F2N2O3/c14-13(15)20-10-4-2-9(3-5-10)17-11-6-1-8(7-16-11)12(18)19/h1-7,13H,(H,16,17)(H,18,19). The van der Waals surface area contributed by atoms with E-state index in [0.717, 1.165) is 0 Å². The summed E-state index contributed by atoms with van der Waals surface area (Å²) in [5, 5.41) is 11.6. The van der Waals surface area contributed by atoms with Crippen molar-refractivity contribution < 1.29 is 23.4 Å². The summed E-state index contributed by atoms with van der Waals surface area (Å²) in [6, 6.07) is 8.79. The Morgan fingerprint density at radius 3 is 2.40 bits per heavy atom. The van der Waals surface area contributed by atoms with Gasteiger partial charge in [-0.15, -0.1) is 0 Å². The molecule has 0 radical (unpaired) electrons. The van der Waals surface area contributed by atoms with Crippen LogP contribution in [0.5, 0.6) is 5.75 Å². The van der Waals surface area contributed by atoms with Gasteiger partial charge < -0.3 is 15.2 Å². The molecule has 7 heteroatoms. The fourth-order valence-electron chi connectivity index (χ4n) is 1.46. The molecule has 20 heavy (non-hydrogen) atoms. The SMILES string of the molecule is O=C(O)c1ccc(Nc2ccc(OC(F)F)cc2)nc1. The number of hydrogen-bond acceptors (Lipinski definition) is 4. The number of pyridine rings is 1. The number of nitrogens with zero attached hydrogens (tertiary/aromatic N) is 1. The number of benzene rings is 1. The maximum atomic E-state index is 12.0. The average molecular weight is 280 g/mol. The van der Waals surface area contributed by atoms with Gasteiger partial charge in [0.15, 0.2) is 0 Å². The molecule has 2 aromatic rings. The number of hydrogen-bond donors (Lipinski definition) is 2. The van der Waals surface area contributed by atoms with Crippen molar-refractivity contribution in [1.82, 2.24) is 4.98 Å². The summed E-state index contributed by atoms with van der Waals surface area (Å²) in [6.45, 7) is -2.86. The molecule has 0 aliphatic carbocycles. The molecule has 1 aromatic heterocycles. The molecule has 1 heterocycles. The van der Waals surface area contributed by atoms with Crippen LogP contribution in [-0.4, -0.2) is 22.7 Å². The van der Waals surface area contributed by atoms with E-state index in [9.17, 15) is 13.6 Å². The number of halogens is 2. The van der Waals surface area contributed by atoms with Gasteiger partial charge in [0.25, 0.3) is 0 Å². The fraction of sp³-hybridized carbons (Fsp3) is 0.0769. The maximum Gasteiger partial charge on any atom is 0.387 e. The number of carboxylic acids is 1. The van der Waals surface area contributed by atoms with E-state index in [0.29, 0.717) is 11.5 Å². The van der Waals surface area contributed by atoms with Crippen LogP contribution in [0.3, 0.4) is 0 Å². The van der Waals surface area contributed by atoms with Crippen LogP contribution in [0.4, 0.5) is 20.3 Å². The Morgan fingerprint density at radius 2 is 1.90 bits per heavy atom. The minimum Gasteiger partial charge on any atom is -0.478 e. The highest BCUT2D eigenvalue weighted by Gasteiger charge is 2.05. The van der Waals surface area contributed by atoms with Gasteiger partial charge >= 0.3 is 12.6 Å². The molecule has 0 aliphatic rings. The zero-order valence-electron chi connectivity index (χ0n) is 10.1. The van der Waals surface area contributed by atoms with E-state index in [1.54, 1.807) is 12.1 Å². The Kier molecular flexibility index (Phi) is 4.09. The second-order valence-electron chi connectivity index (χ2n) is 3.77. The van der Waals surface area contributed by atoms with Crippen molar-refractivity contribution in [3.63, 3.8) is 0 Å². The lowest BCUT2D eigenvalue weighted by Crippen LogP contribution is -2.02. The Morgan fingerprint density at radius 1 is 1.20 bits per heavy atom. The van der Waals surface area contributed by atoms with Gasteiger partial charge in [0.05, 0.1) is 5.56 Å². The first-order chi connectivity index (χ1) is 9.54. The van der Waals surface area contributed by atoms with Gasteiger partial charge in [-0.2, -0.15) is 8.78 Å². The van der Waals surface area contributed by atoms with E-state index in [2.05, 4.69) is 15.0 Å². The van der Waals surface area contributed by atoms with Crippen LogP contribution in [0.1, 0.15) is 10.4 Å². The maximum absolute atomic E-state index is 12.0. The van der Waals surface area contributed by atoms with Crippen LogP contribution >= 0.6 is 0 Å². The molecule has 0 fully saturated rings. The van der Waals surface area contributed by atoms with Crippen LogP contribution < -0.4 is 10.1 Å². The molecule has 104 valence electrons. The molecule has 0 aliphatic heterocycles. The summed E-state index contributed by atoms with van der Waals surface area (Å²) >= 11 is 0. The van der Waals surface area contributed by atoms with Crippen LogP contribution in [0, 0.1) is 0 Å². The predicted molar refractivity (Wildman–Crippen MR) is 67.6 cm³/mol. The third-order valence-electron chi connectivity index (χ3n) is 2.36. The summed E-state index contributed by atoms with van der Waals surface area (Å²) in [5.41, 5.74) is 0.693. The number of nitrogens with one attached hydrogen (secondary N) is 1. The highest BCUT2D eigenvalue weighted by atomic mass is 19.3. The molecular formula is C13H10F2N2O3. The van der Waals surface area contributed by atoms with Gasteiger partial charge in [0.1, 0.15) is 11.6 Å². The summed E-state index contributed by atoms with van der Waals surface area (Å²) in [7, 11) is 0. The monoisotopic (exact) mass is 280 g/mol. The second-order valence-corrected chi connectivity index (χ2v) is 3.77. The van der Waals surface area contributed by atoms with Crippen molar-refractivity contribution in [3.05, 3.63) is 48.2 Å². The molecule has 0 saturated carbocycles. The topological polar surface area (TPSA) is 71.5 Å². The molecule has 0 saturated heterocycles. The lowest BCUT2D eigenvalue weighted by molar-refractivity contribution is -0.0498. The molecule has 0 spiro atoms. The third kappa shape index (κ3) is 3.64. The fourth-order valence-corrected chi connectivity index (χ4v) is 1.46. The first-order valence-corrected chi connectivity index (χ1v) is 5.56. The highest BCUT2D eigenvalue weighted by molar-refractivity contribution is 5.87. The Hall–Kier alpha value is -2.70. The van der Waals surface area contributed by atoms with Gasteiger partial charge in [-0.25, -0.2) is 9.78 Å². The van der Waals surface area contributed by atoms with Crippen molar-refractivity contribution in [2.24, 2.45) is 0 Å². The van der Waals surface area contributed by atoms with Crippen LogP contribution in [0.2, 0.25) is 0 Å². The van der Waals surface area contributed by atoms with Crippen molar-refractivity contribution in [1.29, 1.82) is 0 Å². The molecule has 1 aromatic carbocycles. The molecule has 5 nitrogen and oxygen atoms in total. The number of carbonyl (C=O) groups is 1. The number of aromatic nitrogens is 1. The van der Waals surface area contributed by atoms with Gasteiger partial charge in [-0.3, -0.25) is 0 Å². The number of carboxylic acid groups (broad SMARTS) is 1. The smallest absolute Gasteiger partial charge is 0.387 e. The number of aromatic carboxylic acids is 1. The first kappa shape index (κ1) is 13.7. The van der Waals surface area contributed by atoms with Crippen molar-refractivity contribution >= 4 is 17.5 Å². The van der Waals surface area contributed by atoms with E-state index in [1.165, 1.54) is 30.5 Å². The predicted octanol–water partition coefficient (Wildman–Crippen LogP) is 3.12. The first-order valence-electron chi connectivity index (χ1n) is 5.56. The number of ether oxygens (including phenoxy) is 1.